The molecule has 0 bridgehead atoms. The third-order valence-electron chi connectivity index (χ3n) is 5.13. The van der Waals surface area contributed by atoms with Gasteiger partial charge in [-0.15, -0.1) is 0 Å². The third-order valence-corrected chi connectivity index (χ3v) is 5.13. The predicted molar refractivity (Wildman–Crippen MR) is 128 cm³/mol. The fourth-order valence-electron chi connectivity index (χ4n) is 3.12. The molecule has 31 heavy (non-hydrogen) atoms. The van der Waals surface area contributed by atoms with Gasteiger partial charge in [0.1, 0.15) is 5.75 Å². The Bertz CT molecular complexity index is 950. The van der Waals surface area contributed by atoms with Gasteiger partial charge in [0.25, 0.3) is 5.91 Å². The van der Waals surface area contributed by atoms with Crippen LogP contribution in [-0.4, -0.2) is 18.4 Å². The monoisotopic (exact) mass is 424 g/mol. The van der Waals surface area contributed by atoms with E-state index in [0.717, 1.165) is 16.9 Å². The van der Waals surface area contributed by atoms with Crippen LogP contribution < -0.4 is 15.4 Å². The van der Waals surface area contributed by atoms with Crippen molar-refractivity contribution in [3.8, 4) is 5.75 Å². The molecule has 0 heterocycles. The summed E-state index contributed by atoms with van der Waals surface area (Å²) >= 11 is 0. The topological polar surface area (TPSA) is 67.4 Å². The summed E-state index contributed by atoms with van der Waals surface area (Å²) in [6, 6.07) is 11.6. The predicted octanol–water partition coefficient (Wildman–Crippen LogP) is 5.96. The van der Waals surface area contributed by atoms with Crippen LogP contribution in [0.5, 0.6) is 5.75 Å². The maximum atomic E-state index is 12.5. The van der Waals surface area contributed by atoms with Crippen LogP contribution in [0.25, 0.3) is 0 Å². The van der Waals surface area contributed by atoms with E-state index < -0.39 is 0 Å². The van der Waals surface area contributed by atoms with Gasteiger partial charge in [-0.25, -0.2) is 0 Å². The zero-order valence-electron chi connectivity index (χ0n) is 20.1. The Morgan fingerprint density at radius 2 is 1.55 bits per heavy atom. The van der Waals surface area contributed by atoms with Crippen molar-refractivity contribution >= 4 is 23.2 Å². The summed E-state index contributed by atoms with van der Waals surface area (Å²) in [4.78, 5) is 24.2. The number of benzene rings is 2. The Morgan fingerprint density at radius 1 is 0.871 bits per heavy atom. The van der Waals surface area contributed by atoms with Gasteiger partial charge in [0, 0.05) is 17.8 Å². The first-order chi connectivity index (χ1) is 14.3. The minimum atomic E-state index is -0.253. The van der Waals surface area contributed by atoms with Crippen LogP contribution in [0.3, 0.4) is 0 Å². The number of carbonyl (C=O) groups excluding carboxylic acids is 2. The second-order valence-electron chi connectivity index (χ2n) is 9.98. The molecule has 0 aliphatic rings. The van der Waals surface area contributed by atoms with Crippen LogP contribution in [0, 0.1) is 6.92 Å². The number of amides is 2. The van der Waals surface area contributed by atoms with Crippen LogP contribution in [-0.2, 0) is 20.4 Å². The lowest BCUT2D eigenvalue weighted by Crippen LogP contribution is -2.23. The van der Waals surface area contributed by atoms with Crippen LogP contribution >= 0.6 is 0 Å². The molecule has 0 aromatic heterocycles. The van der Waals surface area contributed by atoms with Crippen molar-refractivity contribution in [3.05, 3.63) is 53.1 Å². The molecule has 0 radical (unpaired) electrons. The molecule has 2 aromatic carbocycles. The number of hydrogen-bond acceptors (Lipinski definition) is 3. The fourth-order valence-corrected chi connectivity index (χ4v) is 3.12. The van der Waals surface area contributed by atoms with Crippen LogP contribution in [0.4, 0.5) is 11.4 Å². The van der Waals surface area contributed by atoms with Gasteiger partial charge in [0.05, 0.1) is 0 Å². The molecule has 0 atom stereocenters. The van der Waals surface area contributed by atoms with E-state index in [4.69, 9.17) is 4.74 Å². The number of nitrogens with one attached hydrogen (secondary N) is 2. The van der Waals surface area contributed by atoms with Crippen molar-refractivity contribution in [1.29, 1.82) is 0 Å². The zero-order valence-corrected chi connectivity index (χ0v) is 20.1. The Balaban J connectivity index is 2.13. The van der Waals surface area contributed by atoms with Gasteiger partial charge in [-0.05, 0) is 52.6 Å². The van der Waals surface area contributed by atoms with Gasteiger partial charge in [-0.2, -0.15) is 0 Å². The summed E-state index contributed by atoms with van der Waals surface area (Å²) in [6.07, 6.45) is 0.397. The number of anilines is 2. The van der Waals surface area contributed by atoms with Crippen LogP contribution in [0.2, 0.25) is 0 Å². The minimum Gasteiger partial charge on any atom is -0.483 e. The summed E-state index contributed by atoms with van der Waals surface area (Å²) in [5.41, 5.74) is 4.47. The molecule has 5 heteroatoms. The smallest absolute Gasteiger partial charge is 0.262 e. The second kappa shape index (κ2) is 9.54. The number of rotatable bonds is 6. The summed E-state index contributed by atoms with van der Waals surface area (Å²) in [5.74, 6) is 0.398. The molecule has 0 saturated heterocycles. The maximum absolute atomic E-state index is 12.5. The molecule has 2 aromatic rings. The van der Waals surface area contributed by atoms with E-state index in [2.05, 4.69) is 64.3 Å². The Kier molecular flexibility index (Phi) is 7.53. The summed E-state index contributed by atoms with van der Waals surface area (Å²) < 4.78 is 5.92. The highest BCUT2D eigenvalue weighted by molar-refractivity contribution is 5.95. The highest BCUT2D eigenvalue weighted by Gasteiger charge is 2.23. The second-order valence-corrected chi connectivity index (χ2v) is 9.98. The lowest BCUT2D eigenvalue weighted by molar-refractivity contribution is -0.118. The lowest BCUT2D eigenvalue weighted by Gasteiger charge is -2.27. The SMILES string of the molecule is CCC(=O)Nc1cc(NC(=O)COc2ccc(C(C)(C)C)cc2C(C)(C)C)ccc1C. The Labute approximate surface area is 186 Å². The van der Waals surface area contributed by atoms with Crippen molar-refractivity contribution in [2.75, 3.05) is 17.2 Å². The number of hydrogen-bond donors (Lipinski definition) is 2. The standard InChI is InChI=1S/C26H36N2O3/c1-9-23(29)28-21-15-19(12-10-17(21)2)27-24(30)16-31-22-13-11-18(25(3,4)5)14-20(22)26(6,7)8/h10-15H,9,16H2,1-8H3,(H,27,30)(H,28,29). The maximum Gasteiger partial charge on any atom is 0.262 e. The van der Waals surface area contributed by atoms with Gasteiger partial charge in [0.2, 0.25) is 5.91 Å². The van der Waals surface area contributed by atoms with Crippen molar-refractivity contribution in [3.63, 3.8) is 0 Å². The van der Waals surface area contributed by atoms with Crippen LogP contribution in [0.1, 0.15) is 71.6 Å². The normalized spacial score (nSPS) is 11.7. The highest BCUT2D eigenvalue weighted by atomic mass is 16.5. The molecule has 2 amide bonds. The molecule has 5 nitrogen and oxygen atoms in total. The number of ether oxygens (including phenoxy) is 1. The first-order valence-corrected chi connectivity index (χ1v) is 10.8. The van der Waals surface area contributed by atoms with Crippen LogP contribution in [0.15, 0.2) is 36.4 Å². The summed E-state index contributed by atoms with van der Waals surface area (Å²) in [6.45, 7) is 16.6. The van der Waals surface area contributed by atoms with E-state index in [1.54, 1.807) is 13.0 Å². The minimum absolute atomic E-state index is 0.0340. The van der Waals surface area contributed by atoms with Crippen molar-refractivity contribution in [1.82, 2.24) is 0 Å². The lowest BCUT2D eigenvalue weighted by atomic mass is 9.80. The average molecular weight is 425 g/mol. The molecule has 0 aliphatic heterocycles. The first-order valence-electron chi connectivity index (χ1n) is 10.8. The van der Waals surface area contributed by atoms with E-state index >= 15 is 0 Å². The molecule has 168 valence electrons. The molecule has 2 rings (SSSR count). The van der Waals surface area contributed by atoms with Gasteiger partial charge in [-0.1, -0.05) is 66.7 Å². The Morgan fingerprint density at radius 3 is 2.13 bits per heavy atom. The number of aryl methyl sites for hydroxylation is 1. The van der Waals surface area contributed by atoms with Crippen molar-refractivity contribution in [2.45, 2.75) is 72.6 Å². The molecular weight excluding hydrogens is 388 g/mol. The quantitative estimate of drug-likeness (QED) is 0.601. The molecule has 0 unspecified atom stereocenters. The van der Waals surface area contributed by atoms with Gasteiger partial charge < -0.3 is 15.4 Å². The molecule has 0 saturated carbocycles. The third kappa shape index (κ3) is 6.84. The van der Waals surface area contributed by atoms with Crippen molar-refractivity contribution < 1.29 is 14.3 Å². The van der Waals surface area contributed by atoms with E-state index in [0.29, 0.717) is 17.8 Å². The first kappa shape index (κ1) is 24.4. The highest BCUT2D eigenvalue weighted by Crippen LogP contribution is 2.35. The van der Waals surface area contributed by atoms with Gasteiger partial charge in [-0.3, -0.25) is 9.59 Å². The van der Waals surface area contributed by atoms with Crippen molar-refractivity contribution in [2.24, 2.45) is 0 Å². The molecule has 0 aliphatic carbocycles. The molecule has 0 fully saturated rings. The molecular formula is C26H36N2O3. The summed E-state index contributed by atoms with van der Waals surface area (Å²) in [7, 11) is 0. The fraction of sp³-hybridized carbons (Fsp3) is 0.462. The van der Waals surface area contributed by atoms with E-state index in [-0.39, 0.29) is 29.3 Å². The van der Waals surface area contributed by atoms with E-state index in [9.17, 15) is 9.59 Å². The van der Waals surface area contributed by atoms with E-state index in [1.807, 2.05) is 25.1 Å². The Hall–Kier alpha value is -2.82. The van der Waals surface area contributed by atoms with Gasteiger partial charge >= 0.3 is 0 Å². The number of carbonyl (C=O) groups is 2. The zero-order chi connectivity index (χ0) is 23.4. The van der Waals surface area contributed by atoms with E-state index in [1.165, 1.54) is 5.56 Å². The summed E-state index contributed by atoms with van der Waals surface area (Å²) in [5, 5.41) is 5.70. The largest absolute Gasteiger partial charge is 0.483 e. The average Bonchev–Trinajstić information content (AvgIpc) is 2.67. The molecule has 2 N–H and O–H groups in total. The van der Waals surface area contributed by atoms with Gasteiger partial charge in [0.15, 0.2) is 6.61 Å². The molecule has 0 spiro atoms.